The fourth-order valence-electron chi connectivity index (χ4n) is 3.55. The molecule has 1 fully saturated rings. The topological polar surface area (TPSA) is 86.8 Å². The Labute approximate surface area is 203 Å². The lowest BCUT2D eigenvalue weighted by Crippen LogP contribution is -2.49. The van der Waals surface area contributed by atoms with Crippen LogP contribution in [-0.4, -0.2) is 55.6 Å². The number of carbonyl (C=O) groups is 2. The summed E-state index contributed by atoms with van der Waals surface area (Å²) in [6.45, 7) is 2.61. The maximum atomic E-state index is 13.1. The lowest BCUT2D eigenvalue weighted by atomic mass is 10.1. The molecule has 0 saturated carbocycles. The second-order valence-electron chi connectivity index (χ2n) is 7.70. The molecule has 9 heteroatoms. The van der Waals surface area contributed by atoms with Crippen molar-refractivity contribution in [2.45, 2.75) is 11.8 Å². The molecule has 0 radical (unpaired) electrons. The van der Waals surface area contributed by atoms with Gasteiger partial charge in [-0.2, -0.15) is 4.31 Å². The highest BCUT2D eigenvalue weighted by atomic mass is 32.2. The van der Waals surface area contributed by atoms with Gasteiger partial charge in [0.25, 0.3) is 5.91 Å². The van der Waals surface area contributed by atoms with Gasteiger partial charge in [-0.25, -0.2) is 8.42 Å². The first-order chi connectivity index (χ1) is 16.3. The molecular formula is C25H23N3O4S2. The average molecular weight is 494 g/mol. The Morgan fingerprint density at radius 1 is 0.941 bits per heavy atom. The van der Waals surface area contributed by atoms with Crippen LogP contribution in [-0.2, 0) is 14.8 Å². The summed E-state index contributed by atoms with van der Waals surface area (Å²) >= 11 is 1.56. The number of benzene rings is 2. The Hall–Kier alpha value is -3.45. The van der Waals surface area contributed by atoms with E-state index in [1.54, 1.807) is 46.6 Å². The van der Waals surface area contributed by atoms with Gasteiger partial charge in [0, 0.05) is 49.9 Å². The molecule has 0 aliphatic carbocycles. The van der Waals surface area contributed by atoms with Gasteiger partial charge in [0.05, 0.1) is 9.77 Å². The zero-order valence-corrected chi connectivity index (χ0v) is 20.2. The van der Waals surface area contributed by atoms with E-state index in [0.29, 0.717) is 18.8 Å². The third kappa shape index (κ3) is 5.54. The van der Waals surface area contributed by atoms with Crippen LogP contribution in [0.4, 0.5) is 5.69 Å². The molecule has 1 aromatic heterocycles. The van der Waals surface area contributed by atoms with Crippen molar-refractivity contribution in [2.75, 3.05) is 31.5 Å². The molecule has 174 valence electrons. The number of rotatable bonds is 4. The minimum Gasteiger partial charge on any atom is -0.340 e. The van der Waals surface area contributed by atoms with Crippen LogP contribution >= 0.6 is 11.3 Å². The number of nitrogens with zero attached hydrogens (tertiary/aromatic N) is 2. The number of amides is 2. The van der Waals surface area contributed by atoms with Crippen molar-refractivity contribution in [3.8, 4) is 11.8 Å². The molecule has 2 heterocycles. The molecule has 3 aromatic rings. The van der Waals surface area contributed by atoms with E-state index < -0.39 is 15.9 Å². The number of anilines is 1. The second-order valence-corrected chi connectivity index (χ2v) is 10.6. The van der Waals surface area contributed by atoms with E-state index in [2.05, 4.69) is 17.2 Å². The SMILES string of the molecule is CC(=O)N1CCN(S(=O)(=O)c2cccc(C(=O)Nc3cccc(C#Cc4cccs4)c3)c2)CC1. The quantitative estimate of drug-likeness (QED) is 0.566. The molecular weight excluding hydrogens is 470 g/mol. The van der Waals surface area contributed by atoms with Crippen molar-refractivity contribution >= 4 is 38.9 Å². The molecule has 2 aromatic carbocycles. The van der Waals surface area contributed by atoms with Crippen molar-refractivity contribution in [2.24, 2.45) is 0 Å². The lowest BCUT2D eigenvalue weighted by Gasteiger charge is -2.33. The average Bonchev–Trinajstić information content (AvgIpc) is 3.37. The highest BCUT2D eigenvalue weighted by molar-refractivity contribution is 7.89. The maximum absolute atomic E-state index is 13.1. The summed E-state index contributed by atoms with van der Waals surface area (Å²) in [6.07, 6.45) is 0. The number of nitrogens with one attached hydrogen (secondary N) is 1. The Bertz CT molecular complexity index is 1360. The van der Waals surface area contributed by atoms with Crippen LogP contribution in [0.1, 0.15) is 27.7 Å². The number of sulfonamides is 1. The van der Waals surface area contributed by atoms with Crippen LogP contribution in [0.25, 0.3) is 0 Å². The molecule has 0 spiro atoms. The Morgan fingerprint density at radius 2 is 1.71 bits per heavy atom. The highest BCUT2D eigenvalue weighted by Crippen LogP contribution is 2.20. The van der Waals surface area contributed by atoms with E-state index >= 15 is 0 Å². The number of carbonyl (C=O) groups excluding carboxylic acids is 2. The number of thiophene rings is 1. The highest BCUT2D eigenvalue weighted by Gasteiger charge is 2.29. The van der Waals surface area contributed by atoms with Crippen LogP contribution in [0.2, 0.25) is 0 Å². The molecule has 4 rings (SSSR count). The molecule has 1 saturated heterocycles. The van der Waals surface area contributed by atoms with Crippen LogP contribution in [0.15, 0.2) is 70.9 Å². The Balaban J connectivity index is 1.47. The largest absolute Gasteiger partial charge is 0.340 e. The predicted octanol–water partition coefficient (Wildman–Crippen LogP) is 3.25. The molecule has 1 aliphatic heterocycles. The molecule has 2 amide bonds. The van der Waals surface area contributed by atoms with Crippen LogP contribution in [0.5, 0.6) is 0 Å². The third-order valence-corrected chi connectivity index (χ3v) is 8.07. The summed E-state index contributed by atoms with van der Waals surface area (Å²) in [5.74, 6) is 5.67. The molecule has 7 nitrogen and oxygen atoms in total. The van der Waals surface area contributed by atoms with E-state index in [-0.39, 0.29) is 29.5 Å². The van der Waals surface area contributed by atoms with E-state index in [1.807, 2.05) is 23.6 Å². The standard InChI is InChI=1S/C25H23N3O4S2/c1-19(29)27-12-14-28(15-13-27)34(31,32)24-9-3-6-21(18-24)25(30)26-22-7-2-5-20(17-22)10-11-23-8-4-16-33-23/h2-9,16-18H,12-15H2,1H3,(H,26,30). The number of hydrogen-bond acceptors (Lipinski definition) is 5. The second kappa shape index (κ2) is 10.2. The first-order valence-corrected chi connectivity index (χ1v) is 13.0. The molecule has 0 unspecified atom stereocenters. The smallest absolute Gasteiger partial charge is 0.255 e. The van der Waals surface area contributed by atoms with Crippen molar-refractivity contribution < 1.29 is 18.0 Å². The van der Waals surface area contributed by atoms with E-state index in [4.69, 9.17) is 0 Å². The van der Waals surface area contributed by atoms with Crippen molar-refractivity contribution in [3.05, 3.63) is 82.0 Å². The van der Waals surface area contributed by atoms with Crippen LogP contribution in [0, 0.1) is 11.8 Å². The van der Waals surface area contributed by atoms with Gasteiger partial charge in [0.1, 0.15) is 0 Å². The molecule has 1 N–H and O–H groups in total. The van der Waals surface area contributed by atoms with E-state index in [0.717, 1.165) is 10.4 Å². The van der Waals surface area contributed by atoms with Gasteiger partial charge in [-0.3, -0.25) is 9.59 Å². The first-order valence-electron chi connectivity index (χ1n) is 10.7. The fraction of sp³-hybridized carbons (Fsp3) is 0.200. The zero-order chi connectivity index (χ0) is 24.1. The molecule has 34 heavy (non-hydrogen) atoms. The van der Waals surface area contributed by atoms with Gasteiger partial charge in [-0.15, -0.1) is 11.3 Å². The first kappa shape index (κ1) is 23.7. The number of hydrogen-bond donors (Lipinski definition) is 1. The van der Waals surface area contributed by atoms with Crippen LogP contribution in [0.3, 0.4) is 0 Å². The van der Waals surface area contributed by atoms with Gasteiger partial charge >= 0.3 is 0 Å². The minimum atomic E-state index is -3.78. The molecule has 0 bridgehead atoms. The van der Waals surface area contributed by atoms with Crippen molar-refractivity contribution in [1.82, 2.24) is 9.21 Å². The fourth-order valence-corrected chi connectivity index (χ4v) is 5.59. The summed E-state index contributed by atoms with van der Waals surface area (Å²) < 4.78 is 27.5. The summed E-state index contributed by atoms with van der Waals surface area (Å²) in [5, 5.41) is 4.77. The van der Waals surface area contributed by atoms with Gasteiger partial charge in [-0.05, 0) is 47.8 Å². The van der Waals surface area contributed by atoms with Gasteiger partial charge in [-0.1, -0.05) is 30.0 Å². The van der Waals surface area contributed by atoms with Gasteiger partial charge < -0.3 is 10.2 Å². The molecule has 1 aliphatic rings. The summed E-state index contributed by atoms with van der Waals surface area (Å²) in [5.41, 5.74) is 1.56. The normalized spacial score (nSPS) is 14.2. The van der Waals surface area contributed by atoms with Crippen molar-refractivity contribution in [1.29, 1.82) is 0 Å². The van der Waals surface area contributed by atoms with Crippen LogP contribution < -0.4 is 5.32 Å². The van der Waals surface area contributed by atoms with Gasteiger partial charge in [0.2, 0.25) is 15.9 Å². The summed E-state index contributed by atoms with van der Waals surface area (Å²) in [7, 11) is -3.78. The van der Waals surface area contributed by atoms with E-state index in [9.17, 15) is 18.0 Å². The Kier molecular flexibility index (Phi) is 7.12. The van der Waals surface area contributed by atoms with Gasteiger partial charge in [0.15, 0.2) is 0 Å². The maximum Gasteiger partial charge on any atom is 0.255 e. The number of piperazine rings is 1. The lowest BCUT2D eigenvalue weighted by molar-refractivity contribution is -0.129. The Morgan fingerprint density at radius 3 is 2.41 bits per heavy atom. The summed E-state index contributed by atoms with van der Waals surface area (Å²) in [6, 6.07) is 17.0. The molecule has 0 atom stereocenters. The predicted molar refractivity (Wildman–Crippen MR) is 132 cm³/mol. The zero-order valence-electron chi connectivity index (χ0n) is 18.5. The van der Waals surface area contributed by atoms with E-state index in [1.165, 1.54) is 23.4 Å². The monoisotopic (exact) mass is 493 g/mol. The minimum absolute atomic E-state index is 0.0481. The van der Waals surface area contributed by atoms with Crippen molar-refractivity contribution in [3.63, 3.8) is 0 Å². The summed E-state index contributed by atoms with van der Waals surface area (Å²) in [4.78, 5) is 27.0. The third-order valence-electron chi connectivity index (χ3n) is 5.39.